The van der Waals surface area contributed by atoms with Crippen molar-refractivity contribution < 1.29 is 27.2 Å². The van der Waals surface area contributed by atoms with Crippen molar-refractivity contribution >= 4 is 35.0 Å². The van der Waals surface area contributed by atoms with Gasteiger partial charge in [0.25, 0.3) is 0 Å². The molecule has 0 saturated carbocycles. The number of halogens is 4. The molecular weight excluding hydrogens is 456 g/mol. The van der Waals surface area contributed by atoms with Gasteiger partial charge >= 0.3 is 0 Å². The number of anilines is 2. The molecule has 0 aliphatic heterocycles. The van der Waals surface area contributed by atoms with Gasteiger partial charge in [-0.3, -0.25) is 9.59 Å². The van der Waals surface area contributed by atoms with Crippen molar-refractivity contribution in [2.75, 3.05) is 10.6 Å². The first kappa shape index (κ1) is 24.3. The molecule has 2 amide bonds. The molecule has 0 aromatic heterocycles. The predicted octanol–water partition coefficient (Wildman–Crippen LogP) is 6.45. The molecular formula is C24H20F4N2O2S. The van der Waals surface area contributed by atoms with Crippen LogP contribution in [0.4, 0.5) is 28.9 Å². The van der Waals surface area contributed by atoms with Gasteiger partial charge in [0.15, 0.2) is 23.3 Å². The van der Waals surface area contributed by atoms with Gasteiger partial charge in [0.2, 0.25) is 11.8 Å². The number of carbonyl (C=O) groups is 2. The first-order valence-corrected chi connectivity index (χ1v) is 10.9. The zero-order valence-electron chi connectivity index (χ0n) is 17.5. The van der Waals surface area contributed by atoms with Gasteiger partial charge in [0, 0.05) is 23.1 Å². The molecule has 1 unspecified atom stereocenters. The van der Waals surface area contributed by atoms with Crippen LogP contribution in [0.3, 0.4) is 0 Å². The quantitative estimate of drug-likeness (QED) is 0.223. The molecule has 3 aromatic carbocycles. The van der Waals surface area contributed by atoms with E-state index in [1.54, 1.807) is 54.6 Å². The Morgan fingerprint density at radius 3 is 2.18 bits per heavy atom. The lowest BCUT2D eigenvalue weighted by Gasteiger charge is -2.18. The first-order valence-electron chi connectivity index (χ1n) is 10.1. The van der Waals surface area contributed by atoms with Crippen LogP contribution < -0.4 is 10.6 Å². The highest BCUT2D eigenvalue weighted by Gasteiger charge is 2.27. The summed E-state index contributed by atoms with van der Waals surface area (Å²) < 4.78 is 55.3. The highest BCUT2D eigenvalue weighted by atomic mass is 32.2. The van der Waals surface area contributed by atoms with Crippen molar-refractivity contribution in [1.82, 2.24) is 0 Å². The summed E-state index contributed by atoms with van der Waals surface area (Å²) in [6.45, 7) is 1.88. The topological polar surface area (TPSA) is 58.2 Å². The fraction of sp³-hybridized carbons (Fsp3) is 0.167. The second-order valence-electron chi connectivity index (χ2n) is 7.07. The number of rotatable bonds is 8. The summed E-state index contributed by atoms with van der Waals surface area (Å²) in [5, 5.41) is 3.72. The van der Waals surface area contributed by atoms with Gasteiger partial charge in [-0.15, -0.1) is 11.8 Å². The molecule has 1 atom stereocenters. The highest BCUT2D eigenvalue weighted by molar-refractivity contribution is 8.00. The Hall–Kier alpha value is -3.33. The smallest absolute Gasteiger partial charge is 0.242 e. The van der Waals surface area contributed by atoms with Crippen LogP contribution in [0.5, 0.6) is 0 Å². The van der Waals surface area contributed by atoms with Crippen molar-refractivity contribution in [2.24, 2.45) is 0 Å². The lowest BCUT2D eigenvalue weighted by Crippen LogP contribution is -2.21. The maximum absolute atomic E-state index is 14.1. The van der Waals surface area contributed by atoms with Crippen LogP contribution in [-0.4, -0.2) is 11.8 Å². The van der Waals surface area contributed by atoms with E-state index in [9.17, 15) is 27.2 Å². The predicted molar refractivity (Wildman–Crippen MR) is 120 cm³/mol. The fourth-order valence-corrected chi connectivity index (χ4v) is 4.09. The van der Waals surface area contributed by atoms with Crippen LogP contribution in [0.2, 0.25) is 0 Å². The number of benzene rings is 3. The van der Waals surface area contributed by atoms with Crippen LogP contribution in [0, 0.1) is 23.3 Å². The van der Waals surface area contributed by atoms with Crippen molar-refractivity contribution in [3.05, 3.63) is 89.5 Å². The number of thioether (sulfide) groups is 1. The minimum absolute atomic E-state index is 0.0715. The Kier molecular flexibility index (Phi) is 8.11. The van der Waals surface area contributed by atoms with Crippen molar-refractivity contribution in [3.63, 3.8) is 0 Å². The fourth-order valence-electron chi connectivity index (χ4n) is 3.01. The third-order valence-corrected chi connectivity index (χ3v) is 5.80. The normalized spacial score (nSPS) is 11.7. The average molecular weight is 476 g/mol. The summed E-state index contributed by atoms with van der Waals surface area (Å²) in [6, 6.07) is 15.2. The molecule has 0 radical (unpaired) electrons. The van der Waals surface area contributed by atoms with E-state index in [0.717, 1.165) is 11.8 Å². The van der Waals surface area contributed by atoms with E-state index in [4.69, 9.17) is 0 Å². The zero-order chi connectivity index (χ0) is 24.0. The average Bonchev–Trinajstić information content (AvgIpc) is 2.80. The van der Waals surface area contributed by atoms with Gasteiger partial charge in [0.05, 0.1) is 0 Å². The van der Waals surface area contributed by atoms with E-state index in [0.29, 0.717) is 29.0 Å². The summed E-state index contributed by atoms with van der Waals surface area (Å²) in [5.41, 5.74) is -0.173. The van der Waals surface area contributed by atoms with Crippen LogP contribution in [0.1, 0.15) is 30.6 Å². The highest BCUT2D eigenvalue weighted by Crippen LogP contribution is 2.38. The van der Waals surface area contributed by atoms with E-state index in [1.807, 2.05) is 12.2 Å². The van der Waals surface area contributed by atoms with Crippen molar-refractivity contribution in [1.29, 1.82) is 0 Å². The molecule has 0 bridgehead atoms. The SMILES string of the molecule is CCCC(=O)Nc1cccc(SC(C(=O)Nc2c(F)c(F)cc(F)c2F)c2ccccc2)c1. The number of nitrogens with one attached hydrogen (secondary N) is 2. The van der Waals surface area contributed by atoms with Crippen molar-refractivity contribution in [2.45, 2.75) is 29.9 Å². The Balaban J connectivity index is 1.90. The molecule has 172 valence electrons. The van der Waals surface area contributed by atoms with E-state index in [1.165, 1.54) is 0 Å². The Bertz CT molecular complexity index is 1130. The van der Waals surface area contributed by atoms with Crippen LogP contribution in [-0.2, 0) is 9.59 Å². The molecule has 3 aromatic rings. The minimum atomic E-state index is -1.69. The maximum atomic E-state index is 14.1. The zero-order valence-corrected chi connectivity index (χ0v) is 18.3. The monoisotopic (exact) mass is 476 g/mol. The van der Waals surface area contributed by atoms with Gasteiger partial charge in [-0.1, -0.05) is 43.3 Å². The minimum Gasteiger partial charge on any atom is -0.326 e. The summed E-state index contributed by atoms with van der Waals surface area (Å²) in [7, 11) is 0. The molecule has 4 nitrogen and oxygen atoms in total. The number of amides is 2. The molecule has 9 heteroatoms. The Morgan fingerprint density at radius 1 is 0.879 bits per heavy atom. The van der Waals surface area contributed by atoms with Crippen LogP contribution in [0.25, 0.3) is 0 Å². The number of hydrogen-bond acceptors (Lipinski definition) is 3. The number of hydrogen-bond donors (Lipinski definition) is 2. The van der Waals surface area contributed by atoms with E-state index >= 15 is 0 Å². The molecule has 33 heavy (non-hydrogen) atoms. The first-order chi connectivity index (χ1) is 15.8. The van der Waals surface area contributed by atoms with Crippen LogP contribution >= 0.6 is 11.8 Å². The molecule has 3 rings (SSSR count). The summed E-state index contributed by atoms with van der Waals surface area (Å²) in [4.78, 5) is 25.5. The molecule has 2 N–H and O–H groups in total. The molecule has 0 aliphatic rings. The van der Waals surface area contributed by atoms with Gasteiger partial charge in [0.1, 0.15) is 10.9 Å². The lowest BCUT2D eigenvalue weighted by atomic mass is 10.1. The largest absolute Gasteiger partial charge is 0.326 e. The molecule has 0 saturated heterocycles. The Labute approximate surface area is 192 Å². The second-order valence-corrected chi connectivity index (χ2v) is 8.25. The summed E-state index contributed by atoms with van der Waals surface area (Å²) in [5.74, 6) is -7.67. The summed E-state index contributed by atoms with van der Waals surface area (Å²) in [6.07, 6.45) is 1.04. The number of carbonyl (C=O) groups excluding carboxylic acids is 2. The van der Waals surface area contributed by atoms with Gasteiger partial charge in [-0.2, -0.15) is 0 Å². The lowest BCUT2D eigenvalue weighted by molar-refractivity contribution is -0.116. The van der Waals surface area contributed by atoms with E-state index in [-0.39, 0.29) is 12.0 Å². The molecule has 0 fully saturated rings. The third kappa shape index (κ3) is 6.13. The summed E-state index contributed by atoms with van der Waals surface area (Å²) >= 11 is 1.05. The van der Waals surface area contributed by atoms with E-state index < -0.39 is 40.1 Å². The standard InChI is InChI=1S/C24H20F4N2O2S/c1-2-7-19(31)29-15-10-6-11-16(12-15)33-23(14-8-4-3-5-9-14)24(32)30-22-20(27)17(25)13-18(26)21(22)28/h3-6,8-13,23H,2,7H2,1H3,(H,29,31)(H,30,32). The second kappa shape index (κ2) is 11.0. The van der Waals surface area contributed by atoms with Crippen LogP contribution in [0.15, 0.2) is 65.6 Å². The molecule has 0 aliphatic carbocycles. The van der Waals surface area contributed by atoms with E-state index in [2.05, 4.69) is 5.32 Å². The van der Waals surface area contributed by atoms with Gasteiger partial charge in [-0.25, -0.2) is 17.6 Å². The molecule has 0 heterocycles. The third-order valence-electron chi connectivity index (χ3n) is 4.55. The van der Waals surface area contributed by atoms with Crippen molar-refractivity contribution in [3.8, 4) is 0 Å². The van der Waals surface area contributed by atoms with Gasteiger partial charge in [-0.05, 0) is 30.2 Å². The Morgan fingerprint density at radius 2 is 1.55 bits per heavy atom. The maximum Gasteiger partial charge on any atom is 0.242 e. The molecule has 0 spiro atoms. The van der Waals surface area contributed by atoms with Gasteiger partial charge < -0.3 is 10.6 Å².